The summed E-state index contributed by atoms with van der Waals surface area (Å²) < 4.78 is 24.7. The lowest BCUT2D eigenvalue weighted by atomic mass is 10.00. The zero-order valence-corrected chi connectivity index (χ0v) is 14.6. The Hall–Kier alpha value is -2.32. The fraction of sp³-hybridized carbons (Fsp3) is 0.353. The minimum Gasteiger partial charge on any atom is -0.478 e. The molecule has 0 amide bonds. The largest absolute Gasteiger partial charge is 0.478 e. The summed E-state index contributed by atoms with van der Waals surface area (Å²) in [7, 11) is -3.16. The molecule has 1 aromatic carbocycles. The van der Waals surface area contributed by atoms with Crippen molar-refractivity contribution in [2.45, 2.75) is 12.8 Å². The van der Waals surface area contributed by atoms with Crippen LogP contribution in [-0.4, -0.2) is 53.1 Å². The van der Waals surface area contributed by atoms with Gasteiger partial charge in [0.15, 0.2) is 0 Å². The SMILES string of the molecule is CS(=O)(=O)N1CCC(Cc2cc(-c3ccccc3C(=O)O)ncn2)C1. The Morgan fingerprint density at radius 1 is 1.32 bits per heavy atom. The van der Waals surface area contributed by atoms with Crippen LogP contribution in [0.5, 0.6) is 0 Å². The Morgan fingerprint density at radius 2 is 2.08 bits per heavy atom. The van der Waals surface area contributed by atoms with E-state index in [2.05, 4.69) is 9.97 Å². The molecule has 1 aromatic heterocycles. The van der Waals surface area contributed by atoms with Crippen molar-refractivity contribution in [2.24, 2.45) is 5.92 Å². The molecule has 7 nitrogen and oxygen atoms in total. The van der Waals surface area contributed by atoms with Gasteiger partial charge in [-0.15, -0.1) is 0 Å². The molecule has 1 saturated heterocycles. The molecular weight excluding hydrogens is 342 g/mol. The number of hydrogen-bond acceptors (Lipinski definition) is 5. The molecule has 1 fully saturated rings. The lowest BCUT2D eigenvalue weighted by molar-refractivity contribution is 0.0697. The van der Waals surface area contributed by atoms with Crippen molar-refractivity contribution in [3.8, 4) is 11.3 Å². The summed E-state index contributed by atoms with van der Waals surface area (Å²) in [5.41, 5.74) is 2.07. The first-order valence-electron chi connectivity index (χ1n) is 7.93. The van der Waals surface area contributed by atoms with E-state index in [0.717, 1.165) is 12.1 Å². The fourth-order valence-electron chi connectivity index (χ4n) is 3.11. The van der Waals surface area contributed by atoms with Crippen molar-refractivity contribution in [1.82, 2.24) is 14.3 Å². The van der Waals surface area contributed by atoms with Gasteiger partial charge in [0.1, 0.15) is 6.33 Å². The van der Waals surface area contributed by atoms with Gasteiger partial charge < -0.3 is 5.11 Å². The van der Waals surface area contributed by atoms with Crippen LogP contribution in [0.2, 0.25) is 0 Å². The van der Waals surface area contributed by atoms with Gasteiger partial charge in [-0.25, -0.2) is 27.5 Å². The smallest absolute Gasteiger partial charge is 0.336 e. The van der Waals surface area contributed by atoms with Gasteiger partial charge in [0.25, 0.3) is 0 Å². The van der Waals surface area contributed by atoms with Crippen LogP contribution in [0.4, 0.5) is 0 Å². The summed E-state index contributed by atoms with van der Waals surface area (Å²) in [5, 5.41) is 9.33. The van der Waals surface area contributed by atoms with Gasteiger partial charge in [0.05, 0.1) is 17.5 Å². The predicted molar refractivity (Wildman–Crippen MR) is 92.7 cm³/mol. The number of carboxylic acids is 1. The van der Waals surface area contributed by atoms with E-state index in [1.165, 1.54) is 16.9 Å². The summed E-state index contributed by atoms with van der Waals surface area (Å²) in [6.07, 6.45) is 4.07. The number of rotatable bonds is 5. The van der Waals surface area contributed by atoms with Gasteiger partial charge in [-0.2, -0.15) is 0 Å². The average molecular weight is 361 g/mol. The molecule has 2 heterocycles. The standard InChI is InChI=1S/C17H19N3O4S/c1-25(23,24)20-7-6-12(10-20)8-13-9-16(19-11-18-13)14-4-2-3-5-15(14)17(21)22/h2-5,9,11-12H,6-8,10H2,1H3,(H,21,22). The Balaban J connectivity index is 1.81. The van der Waals surface area contributed by atoms with E-state index in [1.54, 1.807) is 30.3 Å². The molecule has 1 unspecified atom stereocenters. The highest BCUT2D eigenvalue weighted by molar-refractivity contribution is 7.88. The summed E-state index contributed by atoms with van der Waals surface area (Å²) in [5.74, 6) is -0.803. The van der Waals surface area contributed by atoms with Gasteiger partial charge in [-0.05, 0) is 30.9 Å². The van der Waals surface area contributed by atoms with Gasteiger partial charge >= 0.3 is 5.97 Å². The van der Waals surface area contributed by atoms with Crippen LogP contribution in [0.15, 0.2) is 36.7 Å². The summed E-state index contributed by atoms with van der Waals surface area (Å²) in [6.45, 7) is 1.02. The van der Waals surface area contributed by atoms with E-state index < -0.39 is 16.0 Å². The highest BCUT2D eigenvalue weighted by atomic mass is 32.2. The highest BCUT2D eigenvalue weighted by Crippen LogP contribution is 2.25. The molecule has 0 saturated carbocycles. The van der Waals surface area contributed by atoms with E-state index in [0.29, 0.717) is 30.8 Å². The Morgan fingerprint density at radius 3 is 2.76 bits per heavy atom. The third-order valence-corrected chi connectivity index (χ3v) is 5.64. The second-order valence-corrected chi connectivity index (χ2v) is 8.21. The normalized spacial score (nSPS) is 18.4. The number of benzene rings is 1. The lowest BCUT2D eigenvalue weighted by Gasteiger charge is -2.13. The second kappa shape index (κ2) is 6.89. The maximum atomic E-state index is 11.6. The van der Waals surface area contributed by atoms with Crippen LogP contribution in [0.25, 0.3) is 11.3 Å². The molecule has 1 aliphatic heterocycles. The molecular formula is C17H19N3O4S. The number of carboxylic acid groups (broad SMARTS) is 1. The van der Waals surface area contributed by atoms with E-state index in [1.807, 2.05) is 0 Å². The molecule has 0 bridgehead atoms. The number of aromatic nitrogens is 2. The first-order valence-corrected chi connectivity index (χ1v) is 9.78. The van der Waals surface area contributed by atoms with E-state index in [-0.39, 0.29) is 11.5 Å². The van der Waals surface area contributed by atoms with Crippen LogP contribution in [-0.2, 0) is 16.4 Å². The molecule has 2 aromatic rings. The van der Waals surface area contributed by atoms with Crippen molar-refractivity contribution < 1.29 is 18.3 Å². The minimum atomic E-state index is -3.16. The fourth-order valence-corrected chi connectivity index (χ4v) is 4.03. The van der Waals surface area contributed by atoms with Crippen LogP contribution >= 0.6 is 0 Å². The summed E-state index contributed by atoms with van der Waals surface area (Å²) in [6, 6.07) is 8.49. The molecule has 8 heteroatoms. The Labute approximate surface area is 146 Å². The lowest BCUT2D eigenvalue weighted by Crippen LogP contribution is -2.27. The number of sulfonamides is 1. The van der Waals surface area contributed by atoms with Crippen LogP contribution in [0.3, 0.4) is 0 Å². The van der Waals surface area contributed by atoms with Crippen molar-refractivity contribution in [3.05, 3.63) is 47.9 Å². The van der Waals surface area contributed by atoms with Gasteiger partial charge in [0, 0.05) is 24.3 Å². The quantitative estimate of drug-likeness (QED) is 0.869. The maximum Gasteiger partial charge on any atom is 0.336 e. The van der Waals surface area contributed by atoms with Crippen molar-refractivity contribution in [3.63, 3.8) is 0 Å². The van der Waals surface area contributed by atoms with Crippen LogP contribution in [0, 0.1) is 5.92 Å². The van der Waals surface area contributed by atoms with Gasteiger partial charge in [-0.1, -0.05) is 18.2 Å². The minimum absolute atomic E-state index is 0.191. The Kier molecular flexibility index (Phi) is 4.82. The topological polar surface area (TPSA) is 100 Å². The third-order valence-electron chi connectivity index (χ3n) is 4.37. The molecule has 132 valence electrons. The molecule has 1 N–H and O–H groups in total. The molecule has 0 radical (unpaired) electrons. The summed E-state index contributed by atoms with van der Waals surface area (Å²) in [4.78, 5) is 19.8. The van der Waals surface area contributed by atoms with E-state index in [4.69, 9.17) is 0 Å². The van der Waals surface area contributed by atoms with E-state index >= 15 is 0 Å². The van der Waals surface area contributed by atoms with Crippen molar-refractivity contribution in [1.29, 1.82) is 0 Å². The Bertz CT molecular complexity index is 898. The molecule has 0 spiro atoms. The van der Waals surface area contributed by atoms with Crippen molar-refractivity contribution >= 4 is 16.0 Å². The maximum absolute atomic E-state index is 11.6. The van der Waals surface area contributed by atoms with Crippen LogP contribution < -0.4 is 0 Å². The number of hydrogen-bond donors (Lipinski definition) is 1. The predicted octanol–water partition coefficient (Wildman–Crippen LogP) is 1.67. The number of nitrogens with zero attached hydrogens (tertiary/aromatic N) is 3. The molecule has 25 heavy (non-hydrogen) atoms. The first kappa shape index (κ1) is 17.5. The molecule has 1 atom stereocenters. The first-order chi connectivity index (χ1) is 11.8. The van der Waals surface area contributed by atoms with E-state index in [9.17, 15) is 18.3 Å². The molecule has 0 aliphatic carbocycles. The zero-order chi connectivity index (χ0) is 18.0. The molecule has 3 rings (SSSR count). The molecule has 1 aliphatic rings. The van der Waals surface area contributed by atoms with Gasteiger partial charge in [0.2, 0.25) is 10.0 Å². The highest BCUT2D eigenvalue weighted by Gasteiger charge is 2.28. The van der Waals surface area contributed by atoms with Crippen LogP contribution in [0.1, 0.15) is 22.5 Å². The third kappa shape index (κ3) is 4.02. The monoisotopic (exact) mass is 361 g/mol. The zero-order valence-electron chi connectivity index (χ0n) is 13.8. The number of carbonyl (C=O) groups is 1. The second-order valence-electron chi connectivity index (χ2n) is 6.23. The van der Waals surface area contributed by atoms with Gasteiger partial charge in [-0.3, -0.25) is 0 Å². The average Bonchev–Trinajstić information content (AvgIpc) is 3.04. The number of aromatic carboxylic acids is 1. The van der Waals surface area contributed by atoms with Crippen molar-refractivity contribution in [2.75, 3.05) is 19.3 Å². The summed E-state index contributed by atoms with van der Waals surface area (Å²) >= 11 is 0.